The van der Waals surface area contributed by atoms with Crippen molar-refractivity contribution in [2.75, 3.05) is 0 Å². The van der Waals surface area contributed by atoms with E-state index in [1.807, 2.05) is 13.8 Å². The summed E-state index contributed by atoms with van der Waals surface area (Å²) in [5.41, 5.74) is -0.710. The van der Waals surface area contributed by atoms with Gasteiger partial charge in [0.05, 0.1) is 0 Å². The average Bonchev–Trinajstić information content (AvgIpc) is 2.48. The summed E-state index contributed by atoms with van der Waals surface area (Å²) in [6, 6.07) is -2.91. The van der Waals surface area contributed by atoms with Crippen LogP contribution in [0.2, 0.25) is 0 Å². The van der Waals surface area contributed by atoms with Crippen LogP contribution < -0.4 is 16.0 Å². The first-order chi connectivity index (χ1) is 12.6. The van der Waals surface area contributed by atoms with E-state index < -0.39 is 47.6 Å². The van der Waals surface area contributed by atoms with Crippen LogP contribution in [-0.2, 0) is 19.1 Å². The topological polar surface area (TPSA) is 134 Å². The second kappa shape index (κ2) is 10.9. The zero-order valence-electron chi connectivity index (χ0n) is 18.1. The SMILES string of the molecule is CC(C)C[C@H](NC(=O)OC(C)(C)C)C(=O)N[C@H](C)C(=O)N[C@H](C(=O)O)C(C)C. The summed E-state index contributed by atoms with van der Waals surface area (Å²) in [6.07, 6.45) is -0.375. The average molecular weight is 402 g/mol. The molecule has 0 aromatic heterocycles. The number of nitrogens with one attached hydrogen (secondary N) is 3. The van der Waals surface area contributed by atoms with Gasteiger partial charge in [-0.1, -0.05) is 27.7 Å². The normalized spacial score (nSPS) is 14.8. The summed E-state index contributed by atoms with van der Waals surface area (Å²) in [4.78, 5) is 48.1. The van der Waals surface area contributed by atoms with Gasteiger partial charge in [0.2, 0.25) is 11.8 Å². The highest BCUT2D eigenvalue weighted by atomic mass is 16.6. The molecule has 0 aliphatic carbocycles. The molecule has 9 nitrogen and oxygen atoms in total. The van der Waals surface area contributed by atoms with E-state index in [9.17, 15) is 24.3 Å². The lowest BCUT2D eigenvalue weighted by Crippen LogP contribution is -2.56. The molecule has 0 unspecified atom stereocenters. The minimum absolute atomic E-state index is 0.104. The predicted octanol–water partition coefficient (Wildman–Crippen LogP) is 1.66. The van der Waals surface area contributed by atoms with Gasteiger partial charge in [0, 0.05) is 0 Å². The number of carbonyl (C=O) groups excluding carboxylic acids is 3. The molecule has 0 spiro atoms. The maximum absolute atomic E-state index is 12.6. The standard InChI is InChI=1S/C19H35N3O6/c1-10(2)9-13(21-18(27)28-19(6,7)8)16(24)20-12(5)15(23)22-14(11(3)4)17(25)26/h10-14H,9H2,1-8H3,(H,20,24)(H,21,27)(H,22,23)(H,25,26)/t12-,13+,14+/m1/s1. The highest BCUT2D eigenvalue weighted by molar-refractivity contribution is 5.92. The third-order valence-corrected chi connectivity index (χ3v) is 3.70. The van der Waals surface area contributed by atoms with Gasteiger partial charge in [-0.2, -0.15) is 0 Å². The quantitative estimate of drug-likeness (QED) is 0.464. The van der Waals surface area contributed by atoms with E-state index in [0.717, 1.165) is 0 Å². The van der Waals surface area contributed by atoms with Gasteiger partial charge in [-0.15, -0.1) is 0 Å². The number of hydrogen-bond acceptors (Lipinski definition) is 5. The van der Waals surface area contributed by atoms with Crippen LogP contribution in [0.1, 0.15) is 61.8 Å². The molecular formula is C19H35N3O6. The van der Waals surface area contributed by atoms with E-state index in [4.69, 9.17) is 4.74 Å². The van der Waals surface area contributed by atoms with Gasteiger partial charge < -0.3 is 25.8 Å². The Balaban J connectivity index is 5.02. The summed E-state index contributed by atoms with van der Waals surface area (Å²) in [6.45, 7) is 13.7. The number of rotatable bonds is 9. The molecular weight excluding hydrogens is 366 g/mol. The van der Waals surface area contributed by atoms with Crippen molar-refractivity contribution in [3.63, 3.8) is 0 Å². The largest absolute Gasteiger partial charge is 0.480 e. The molecule has 0 aliphatic heterocycles. The molecule has 0 bridgehead atoms. The Morgan fingerprint density at radius 3 is 1.82 bits per heavy atom. The molecule has 0 aromatic carbocycles. The molecule has 0 heterocycles. The van der Waals surface area contributed by atoms with Gasteiger partial charge in [0.1, 0.15) is 23.7 Å². The number of carboxylic acids is 1. The van der Waals surface area contributed by atoms with Crippen molar-refractivity contribution in [1.29, 1.82) is 0 Å². The summed E-state index contributed by atoms with van der Waals surface area (Å²) in [7, 11) is 0. The van der Waals surface area contributed by atoms with Crippen LogP contribution in [0.5, 0.6) is 0 Å². The summed E-state index contributed by atoms with van der Waals surface area (Å²) in [5.74, 6) is -2.51. The van der Waals surface area contributed by atoms with E-state index in [1.54, 1.807) is 34.6 Å². The first-order valence-electron chi connectivity index (χ1n) is 9.47. The third kappa shape index (κ3) is 10.1. The molecule has 28 heavy (non-hydrogen) atoms. The lowest BCUT2D eigenvalue weighted by atomic mass is 10.0. The molecule has 4 N–H and O–H groups in total. The van der Waals surface area contributed by atoms with E-state index in [1.165, 1.54) is 6.92 Å². The fourth-order valence-electron chi connectivity index (χ4n) is 2.32. The maximum Gasteiger partial charge on any atom is 0.408 e. The molecule has 0 aliphatic rings. The third-order valence-electron chi connectivity index (χ3n) is 3.70. The van der Waals surface area contributed by atoms with Crippen molar-refractivity contribution in [2.24, 2.45) is 11.8 Å². The van der Waals surface area contributed by atoms with Gasteiger partial charge in [0.15, 0.2) is 0 Å². The monoisotopic (exact) mass is 401 g/mol. The Morgan fingerprint density at radius 1 is 0.893 bits per heavy atom. The summed E-state index contributed by atoms with van der Waals surface area (Å²) >= 11 is 0. The molecule has 0 aromatic rings. The van der Waals surface area contributed by atoms with Crippen LogP contribution >= 0.6 is 0 Å². The van der Waals surface area contributed by atoms with Gasteiger partial charge in [-0.05, 0) is 46.0 Å². The van der Waals surface area contributed by atoms with Crippen LogP contribution in [0.4, 0.5) is 4.79 Å². The lowest BCUT2D eigenvalue weighted by molar-refractivity contribution is -0.143. The highest BCUT2D eigenvalue weighted by Gasteiger charge is 2.29. The minimum Gasteiger partial charge on any atom is -0.480 e. The number of aliphatic carboxylic acids is 1. The van der Waals surface area contributed by atoms with Gasteiger partial charge in [0.25, 0.3) is 0 Å². The van der Waals surface area contributed by atoms with Crippen molar-refractivity contribution < 1.29 is 29.0 Å². The molecule has 162 valence electrons. The summed E-state index contributed by atoms with van der Waals surface area (Å²) in [5, 5.41) is 16.6. The molecule has 0 saturated carbocycles. The van der Waals surface area contributed by atoms with Crippen LogP contribution in [-0.4, -0.2) is 52.7 Å². The number of ether oxygens (including phenoxy) is 1. The Hall–Kier alpha value is -2.32. The first-order valence-corrected chi connectivity index (χ1v) is 9.47. The number of hydrogen-bond donors (Lipinski definition) is 4. The lowest BCUT2D eigenvalue weighted by Gasteiger charge is -2.26. The first kappa shape index (κ1) is 25.7. The number of amides is 3. The maximum atomic E-state index is 12.6. The van der Waals surface area contributed by atoms with Gasteiger partial charge in [-0.25, -0.2) is 9.59 Å². The zero-order valence-corrected chi connectivity index (χ0v) is 18.1. The molecule has 0 saturated heterocycles. The fraction of sp³-hybridized carbons (Fsp3) is 0.789. The number of carboxylic acid groups (broad SMARTS) is 1. The van der Waals surface area contributed by atoms with E-state index >= 15 is 0 Å². The fourth-order valence-corrected chi connectivity index (χ4v) is 2.32. The Kier molecular flexibility index (Phi) is 9.97. The summed E-state index contributed by atoms with van der Waals surface area (Å²) < 4.78 is 5.18. The van der Waals surface area contributed by atoms with E-state index in [0.29, 0.717) is 6.42 Å². The molecule has 0 rings (SSSR count). The Labute approximate surface area is 167 Å². The zero-order chi connectivity index (χ0) is 22.2. The van der Waals surface area contributed by atoms with Crippen LogP contribution in [0.3, 0.4) is 0 Å². The molecule has 0 radical (unpaired) electrons. The minimum atomic E-state index is -1.15. The molecule has 3 amide bonds. The second-order valence-corrected chi connectivity index (χ2v) is 8.63. The number of carbonyl (C=O) groups is 4. The van der Waals surface area contributed by atoms with Crippen LogP contribution in [0.15, 0.2) is 0 Å². The van der Waals surface area contributed by atoms with E-state index in [-0.39, 0.29) is 11.8 Å². The highest BCUT2D eigenvalue weighted by Crippen LogP contribution is 2.10. The Bertz CT molecular complexity index is 569. The van der Waals surface area contributed by atoms with Crippen molar-refractivity contribution >= 4 is 23.9 Å². The number of alkyl carbamates (subject to hydrolysis) is 1. The second-order valence-electron chi connectivity index (χ2n) is 8.63. The van der Waals surface area contributed by atoms with Crippen LogP contribution in [0, 0.1) is 11.8 Å². The van der Waals surface area contributed by atoms with Crippen LogP contribution in [0.25, 0.3) is 0 Å². The molecule has 3 atom stereocenters. The van der Waals surface area contributed by atoms with E-state index in [2.05, 4.69) is 16.0 Å². The van der Waals surface area contributed by atoms with Crippen molar-refractivity contribution in [3.05, 3.63) is 0 Å². The molecule has 9 heteroatoms. The van der Waals surface area contributed by atoms with Gasteiger partial charge in [-0.3, -0.25) is 9.59 Å². The van der Waals surface area contributed by atoms with Crippen molar-refractivity contribution in [1.82, 2.24) is 16.0 Å². The molecule has 0 fully saturated rings. The van der Waals surface area contributed by atoms with Crippen molar-refractivity contribution in [3.8, 4) is 0 Å². The van der Waals surface area contributed by atoms with Crippen molar-refractivity contribution in [2.45, 2.75) is 85.5 Å². The van der Waals surface area contributed by atoms with Gasteiger partial charge >= 0.3 is 12.1 Å². The Morgan fingerprint density at radius 2 is 1.43 bits per heavy atom. The predicted molar refractivity (Wildman–Crippen MR) is 105 cm³/mol. The smallest absolute Gasteiger partial charge is 0.408 e.